The summed E-state index contributed by atoms with van der Waals surface area (Å²) in [6, 6.07) is 29.3. The molecule has 0 aromatic heterocycles. The van der Waals surface area contributed by atoms with Crippen molar-refractivity contribution < 1.29 is 14.3 Å². The normalized spacial score (nSPS) is 10.8. The van der Waals surface area contributed by atoms with Crippen molar-refractivity contribution in [1.29, 1.82) is 0 Å². The number of carbonyl (C=O) groups excluding carboxylic acids is 1. The highest BCUT2D eigenvalue weighted by Crippen LogP contribution is 2.29. The Bertz CT molecular complexity index is 1000. The maximum atomic E-state index is 12.4. The van der Waals surface area contributed by atoms with Crippen molar-refractivity contribution in [1.82, 2.24) is 0 Å². The summed E-state index contributed by atoms with van der Waals surface area (Å²) in [4.78, 5) is 12.4. The third kappa shape index (κ3) is 8.20. The zero-order valence-electron chi connectivity index (χ0n) is 18.9. The van der Waals surface area contributed by atoms with Crippen molar-refractivity contribution in [2.24, 2.45) is 5.41 Å². The van der Waals surface area contributed by atoms with Gasteiger partial charge in [0.15, 0.2) is 0 Å². The van der Waals surface area contributed by atoms with E-state index in [1.165, 1.54) is 0 Å². The van der Waals surface area contributed by atoms with Gasteiger partial charge in [-0.1, -0.05) is 103 Å². The van der Waals surface area contributed by atoms with Crippen LogP contribution >= 0.6 is 0 Å². The lowest BCUT2D eigenvalue weighted by molar-refractivity contribution is -0.0293. The van der Waals surface area contributed by atoms with Gasteiger partial charge in [0, 0.05) is 17.4 Å². The predicted octanol–water partition coefficient (Wildman–Crippen LogP) is 6.26. The largest absolute Gasteiger partial charge is 0.376 e. The molecule has 0 spiro atoms. The maximum absolute atomic E-state index is 12.4. The number of ketones is 1. The molecule has 0 bridgehead atoms. The number of hydrogen-bond donors (Lipinski definition) is 0. The van der Waals surface area contributed by atoms with Crippen molar-refractivity contribution in [2.75, 3.05) is 13.2 Å². The molecular formula is C30H30O3. The lowest BCUT2D eigenvalue weighted by Gasteiger charge is -2.31. The summed E-state index contributed by atoms with van der Waals surface area (Å²) < 4.78 is 12.2. The maximum Gasteiger partial charge on any atom is 0.235 e. The van der Waals surface area contributed by atoms with E-state index in [2.05, 4.69) is 18.4 Å². The smallest absolute Gasteiger partial charge is 0.235 e. The molecule has 33 heavy (non-hydrogen) atoms. The number of rotatable bonds is 12. The second-order valence-corrected chi connectivity index (χ2v) is 8.12. The molecule has 0 saturated heterocycles. The Morgan fingerprint density at radius 2 is 1.27 bits per heavy atom. The molecule has 0 aliphatic carbocycles. The Morgan fingerprint density at radius 3 is 1.76 bits per heavy atom. The molecule has 0 N–H and O–H groups in total. The molecule has 3 aromatic rings. The molecule has 0 unspecified atom stereocenters. The van der Waals surface area contributed by atoms with E-state index in [0.29, 0.717) is 44.8 Å². The van der Waals surface area contributed by atoms with Gasteiger partial charge in [-0.15, -0.1) is 6.58 Å². The highest BCUT2D eigenvalue weighted by Gasteiger charge is 2.29. The summed E-state index contributed by atoms with van der Waals surface area (Å²) >= 11 is 0. The number of hydrogen-bond acceptors (Lipinski definition) is 3. The number of ether oxygens (including phenoxy) is 2. The topological polar surface area (TPSA) is 35.5 Å². The van der Waals surface area contributed by atoms with Gasteiger partial charge in [-0.25, -0.2) is 0 Å². The molecule has 0 atom stereocenters. The summed E-state index contributed by atoms with van der Waals surface area (Å²) in [5.41, 5.74) is 2.43. The van der Waals surface area contributed by atoms with E-state index < -0.39 is 5.41 Å². The van der Waals surface area contributed by atoms with Crippen molar-refractivity contribution in [3.05, 3.63) is 120 Å². The van der Waals surface area contributed by atoms with Gasteiger partial charge in [-0.05, 0) is 23.5 Å². The highest BCUT2D eigenvalue weighted by atomic mass is 16.5. The van der Waals surface area contributed by atoms with Gasteiger partial charge in [-0.2, -0.15) is 0 Å². The van der Waals surface area contributed by atoms with Crippen LogP contribution in [0.25, 0.3) is 0 Å². The van der Waals surface area contributed by atoms with Crippen molar-refractivity contribution >= 4 is 5.78 Å². The van der Waals surface area contributed by atoms with E-state index in [1.54, 1.807) is 12.1 Å². The molecule has 0 aliphatic heterocycles. The molecule has 0 fully saturated rings. The summed E-state index contributed by atoms with van der Waals surface area (Å²) in [7, 11) is 0. The first kappa shape index (κ1) is 24.2. The first-order valence-electron chi connectivity index (χ1n) is 11.1. The molecule has 0 amide bonds. The SMILES string of the molecule is C=CCC(CC#CC(=O)c1ccccc1)(COCc1ccccc1)COCc1ccccc1. The quantitative estimate of drug-likeness (QED) is 0.145. The lowest BCUT2D eigenvalue weighted by atomic mass is 9.82. The minimum absolute atomic E-state index is 0.182. The van der Waals surface area contributed by atoms with E-state index in [9.17, 15) is 4.79 Å². The van der Waals surface area contributed by atoms with Gasteiger partial charge in [-0.3, -0.25) is 4.79 Å². The fourth-order valence-corrected chi connectivity index (χ4v) is 3.53. The van der Waals surface area contributed by atoms with Crippen LogP contribution < -0.4 is 0 Å². The van der Waals surface area contributed by atoms with E-state index in [4.69, 9.17) is 9.47 Å². The van der Waals surface area contributed by atoms with Crippen LogP contribution in [0.15, 0.2) is 104 Å². The first-order chi connectivity index (χ1) is 16.2. The van der Waals surface area contributed by atoms with Crippen LogP contribution in [0.2, 0.25) is 0 Å². The minimum atomic E-state index is -0.394. The van der Waals surface area contributed by atoms with E-state index >= 15 is 0 Å². The van der Waals surface area contributed by atoms with Crippen molar-refractivity contribution in [2.45, 2.75) is 26.1 Å². The van der Waals surface area contributed by atoms with E-state index in [0.717, 1.165) is 11.1 Å². The number of allylic oxidation sites excluding steroid dienone is 1. The Morgan fingerprint density at radius 1 is 0.788 bits per heavy atom. The lowest BCUT2D eigenvalue weighted by Crippen LogP contribution is -2.32. The van der Waals surface area contributed by atoms with Crippen molar-refractivity contribution in [3.8, 4) is 11.8 Å². The predicted molar refractivity (Wildman–Crippen MR) is 133 cm³/mol. The third-order valence-electron chi connectivity index (χ3n) is 5.32. The van der Waals surface area contributed by atoms with Crippen LogP contribution in [0, 0.1) is 17.3 Å². The van der Waals surface area contributed by atoms with Crippen LogP contribution in [0.4, 0.5) is 0 Å². The fourth-order valence-electron chi connectivity index (χ4n) is 3.53. The number of carbonyl (C=O) groups is 1. The van der Waals surface area contributed by atoms with Gasteiger partial charge in [0.05, 0.1) is 26.4 Å². The van der Waals surface area contributed by atoms with Gasteiger partial charge >= 0.3 is 0 Å². The molecular weight excluding hydrogens is 408 g/mol. The summed E-state index contributed by atoms with van der Waals surface area (Å²) in [6.45, 7) is 5.87. The van der Waals surface area contributed by atoms with Gasteiger partial charge in [0.1, 0.15) is 0 Å². The molecule has 3 heteroatoms. The van der Waals surface area contributed by atoms with Gasteiger partial charge in [0.2, 0.25) is 5.78 Å². The second-order valence-electron chi connectivity index (χ2n) is 8.12. The highest BCUT2D eigenvalue weighted by molar-refractivity contribution is 6.08. The van der Waals surface area contributed by atoms with Crippen molar-refractivity contribution in [3.63, 3.8) is 0 Å². The molecule has 3 nitrogen and oxygen atoms in total. The standard InChI is InChI=1S/C30H30O3/c1-2-20-30(24-32-22-26-13-6-3-7-14-26,25-33-23-27-15-8-4-9-16-27)21-12-19-29(31)28-17-10-5-11-18-28/h2-11,13-18H,1,20-25H2. The molecule has 3 aromatic carbocycles. The Hall–Kier alpha value is -3.45. The molecule has 0 radical (unpaired) electrons. The number of Topliss-reactive ketones (excluding diaryl/α,β-unsaturated/α-hetero) is 1. The Balaban J connectivity index is 1.69. The zero-order chi connectivity index (χ0) is 23.2. The monoisotopic (exact) mass is 438 g/mol. The van der Waals surface area contributed by atoms with Crippen LogP contribution in [0.5, 0.6) is 0 Å². The second kappa shape index (κ2) is 13.2. The van der Waals surface area contributed by atoms with E-state index in [1.807, 2.05) is 84.9 Å². The van der Waals surface area contributed by atoms with Crippen LogP contribution in [-0.2, 0) is 22.7 Å². The van der Waals surface area contributed by atoms with Gasteiger partial charge < -0.3 is 9.47 Å². The Kier molecular flexibility index (Phi) is 9.66. The molecule has 0 aliphatic rings. The summed E-state index contributed by atoms with van der Waals surface area (Å²) in [5.74, 6) is 5.71. The zero-order valence-corrected chi connectivity index (χ0v) is 18.9. The Labute approximate surface area is 197 Å². The van der Waals surface area contributed by atoms with Crippen LogP contribution in [0.3, 0.4) is 0 Å². The van der Waals surface area contributed by atoms with Crippen LogP contribution in [0.1, 0.15) is 34.3 Å². The molecule has 3 rings (SSSR count). The average molecular weight is 439 g/mol. The average Bonchev–Trinajstić information content (AvgIpc) is 2.86. The molecule has 0 heterocycles. The summed E-state index contributed by atoms with van der Waals surface area (Å²) in [6.07, 6.45) is 3.02. The minimum Gasteiger partial charge on any atom is -0.376 e. The third-order valence-corrected chi connectivity index (χ3v) is 5.32. The fraction of sp³-hybridized carbons (Fsp3) is 0.233. The molecule has 0 saturated carbocycles. The molecule has 168 valence electrons. The van der Waals surface area contributed by atoms with Crippen LogP contribution in [-0.4, -0.2) is 19.0 Å². The van der Waals surface area contributed by atoms with E-state index in [-0.39, 0.29) is 5.78 Å². The summed E-state index contributed by atoms with van der Waals surface area (Å²) in [5, 5.41) is 0. The number of benzene rings is 3. The van der Waals surface area contributed by atoms with Gasteiger partial charge in [0.25, 0.3) is 0 Å². The first-order valence-corrected chi connectivity index (χ1v) is 11.1.